The average Bonchev–Trinajstić information content (AvgIpc) is 2.71. The fourth-order valence-electron chi connectivity index (χ4n) is 2.58. The smallest absolute Gasteiger partial charge is 0.121 e. The van der Waals surface area contributed by atoms with Crippen LogP contribution in [-0.4, -0.2) is 28.0 Å². The molecule has 90 valence electrons. The van der Waals surface area contributed by atoms with E-state index in [0.717, 1.165) is 23.4 Å². The summed E-state index contributed by atoms with van der Waals surface area (Å²) in [6.45, 7) is 5.52. The van der Waals surface area contributed by atoms with Gasteiger partial charge in [0.1, 0.15) is 5.82 Å². The number of benzene rings is 1. The molecule has 0 bridgehead atoms. The van der Waals surface area contributed by atoms with Gasteiger partial charge in [0.05, 0.1) is 17.6 Å². The SMILES string of the molecule is Cc1ccc2nc(CN3CCCCC3)[nH]c2c1. The van der Waals surface area contributed by atoms with Crippen LogP contribution in [-0.2, 0) is 6.54 Å². The van der Waals surface area contributed by atoms with E-state index in [1.807, 2.05) is 0 Å². The number of aromatic amines is 1. The first-order valence-corrected chi connectivity index (χ1v) is 6.49. The third-order valence-corrected chi connectivity index (χ3v) is 3.51. The first-order valence-electron chi connectivity index (χ1n) is 6.49. The van der Waals surface area contributed by atoms with Gasteiger partial charge in [0.25, 0.3) is 0 Å². The van der Waals surface area contributed by atoms with Gasteiger partial charge in [0.2, 0.25) is 0 Å². The summed E-state index contributed by atoms with van der Waals surface area (Å²) in [6, 6.07) is 6.39. The minimum Gasteiger partial charge on any atom is -0.341 e. The normalized spacial score (nSPS) is 17.7. The summed E-state index contributed by atoms with van der Waals surface area (Å²) in [7, 11) is 0. The van der Waals surface area contributed by atoms with E-state index in [2.05, 4.69) is 40.0 Å². The van der Waals surface area contributed by atoms with Gasteiger partial charge >= 0.3 is 0 Å². The fourth-order valence-corrected chi connectivity index (χ4v) is 2.58. The van der Waals surface area contributed by atoms with Crippen molar-refractivity contribution in [1.29, 1.82) is 0 Å². The summed E-state index contributed by atoms with van der Waals surface area (Å²) in [5, 5.41) is 0. The van der Waals surface area contributed by atoms with E-state index in [0.29, 0.717) is 0 Å². The maximum atomic E-state index is 4.65. The molecule has 1 aliphatic rings. The van der Waals surface area contributed by atoms with E-state index in [1.165, 1.54) is 37.9 Å². The van der Waals surface area contributed by atoms with E-state index in [9.17, 15) is 0 Å². The number of rotatable bonds is 2. The molecule has 0 atom stereocenters. The second kappa shape index (κ2) is 4.49. The lowest BCUT2D eigenvalue weighted by atomic mass is 10.1. The minimum absolute atomic E-state index is 0.966. The molecule has 1 aliphatic heterocycles. The molecule has 3 nitrogen and oxygen atoms in total. The Kier molecular flexibility index (Phi) is 2.85. The van der Waals surface area contributed by atoms with E-state index >= 15 is 0 Å². The highest BCUT2D eigenvalue weighted by molar-refractivity contribution is 5.75. The molecule has 0 spiro atoms. The molecular formula is C14H19N3. The van der Waals surface area contributed by atoms with Gasteiger partial charge in [-0.05, 0) is 50.6 Å². The number of likely N-dealkylation sites (tertiary alicyclic amines) is 1. The van der Waals surface area contributed by atoms with Gasteiger partial charge in [0, 0.05) is 0 Å². The van der Waals surface area contributed by atoms with Gasteiger partial charge < -0.3 is 4.98 Å². The second-order valence-corrected chi connectivity index (χ2v) is 5.04. The van der Waals surface area contributed by atoms with E-state index < -0.39 is 0 Å². The van der Waals surface area contributed by atoms with Crippen molar-refractivity contribution in [3.05, 3.63) is 29.6 Å². The molecule has 1 aromatic carbocycles. The number of H-pyrrole nitrogens is 1. The zero-order valence-electron chi connectivity index (χ0n) is 10.4. The molecule has 1 aromatic heterocycles. The van der Waals surface area contributed by atoms with Crippen LogP contribution in [0.2, 0.25) is 0 Å². The first kappa shape index (κ1) is 10.8. The molecule has 0 saturated carbocycles. The third-order valence-electron chi connectivity index (χ3n) is 3.51. The Hall–Kier alpha value is -1.35. The number of nitrogens with one attached hydrogen (secondary N) is 1. The van der Waals surface area contributed by atoms with E-state index in [1.54, 1.807) is 0 Å². The first-order chi connectivity index (χ1) is 8.31. The predicted octanol–water partition coefficient (Wildman–Crippen LogP) is 2.86. The number of imidazole rings is 1. The molecule has 0 amide bonds. The van der Waals surface area contributed by atoms with Gasteiger partial charge in [-0.2, -0.15) is 0 Å². The van der Waals surface area contributed by atoms with E-state index in [-0.39, 0.29) is 0 Å². The standard InChI is InChI=1S/C14H19N3/c1-11-5-6-12-13(9-11)16-14(15-12)10-17-7-3-2-4-8-17/h5-6,9H,2-4,7-8,10H2,1H3,(H,15,16). The highest BCUT2D eigenvalue weighted by Gasteiger charge is 2.12. The number of piperidine rings is 1. The van der Waals surface area contributed by atoms with Crippen LogP contribution >= 0.6 is 0 Å². The lowest BCUT2D eigenvalue weighted by Gasteiger charge is -2.25. The summed E-state index contributed by atoms with van der Waals surface area (Å²) in [5.41, 5.74) is 3.53. The van der Waals surface area contributed by atoms with Crippen molar-refractivity contribution < 1.29 is 0 Å². The van der Waals surface area contributed by atoms with Gasteiger partial charge in [-0.1, -0.05) is 12.5 Å². The summed E-state index contributed by atoms with van der Waals surface area (Å²) >= 11 is 0. The predicted molar refractivity (Wildman–Crippen MR) is 70.0 cm³/mol. The summed E-state index contributed by atoms with van der Waals surface area (Å²) in [6.07, 6.45) is 4.05. The van der Waals surface area contributed by atoms with Crippen LogP contribution in [0.15, 0.2) is 18.2 Å². The van der Waals surface area contributed by atoms with Crippen LogP contribution in [0.3, 0.4) is 0 Å². The van der Waals surface area contributed by atoms with Crippen molar-refractivity contribution in [1.82, 2.24) is 14.9 Å². The van der Waals surface area contributed by atoms with Crippen LogP contribution in [0.1, 0.15) is 30.7 Å². The summed E-state index contributed by atoms with van der Waals surface area (Å²) < 4.78 is 0. The quantitative estimate of drug-likeness (QED) is 0.858. The van der Waals surface area contributed by atoms with Gasteiger partial charge in [-0.25, -0.2) is 4.98 Å². The molecule has 2 heterocycles. The third kappa shape index (κ3) is 2.34. The molecule has 17 heavy (non-hydrogen) atoms. The molecule has 3 heteroatoms. The van der Waals surface area contributed by atoms with Crippen molar-refractivity contribution in [2.45, 2.75) is 32.7 Å². The number of nitrogens with zero attached hydrogens (tertiary/aromatic N) is 2. The van der Waals surface area contributed by atoms with Crippen molar-refractivity contribution >= 4 is 11.0 Å². The Morgan fingerprint density at radius 2 is 2.06 bits per heavy atom. The van der Waals surface area contributed by atoms with Crippen LogP contribution in [0.4, 0.5) is 0 Å². The largest absolute Gasteiger partial charge is 0.341 e. The zero-order valence-corrected chi connectivity index (χ0v) is 10.4. The molecule has 1 N–H and O–H groups in total. The van der Waals surface area contributed by atoms with Crippen molar-refractivity contribution in [3.8, 4) is 0 Å². The zero-order chi connectivity index (χ0) is 11.7. The van der Waals surface area contributed by atoms with Gasteiger partial charge in [-0.3, -0.25) is 4.90 Å². The van der Waals surface area contributed by atoms with Crippen LogP contribution in [0.5, 0.6) is 0 Å². The maximum absolute atomic E-state index is 4.65. The Morgan fingerprint density at radius 1 is 1.24 bits per heavy atom. The van der Waals surface area contributed by atoms with Crippen LogP contribution in [0.25, 0.3) is 11.0 Å². The molecule has 2 aromatic rings. The topological polar surface area (TPSA) is 31.9 Å². The lowest BCUT2D eigenvalue weighted by Crippen LogP contribution is -2.29. The van der Waals surface area contributed by atoms with Crippen LogP contribution < -0.4 is 0 Å². The average molecular weight is 229 g/mol. The minimum atomic E-state index is 0.966. The number of aromatic nitrogens is 2. The Bertz CT molecular complexity index is 509. The van der Waals surface area contributed by atoms with Gasteiger partial charge in [-0.15, -0.1) is 0 Å². The highest BCUT2D eigenvalue weighted by Crippen LogP contribution is 2.16. The lowest BCUT2D eigenvalue weighted by molar-refractivity contribution is 0.216. The number of aryl methyl sites for hydroxylation is 1. The number of hydrogen-bond donors (Lipinski definition) is 1. The molecule has 1 fully saturated rings. The summed E-state index contributed by atoms with van der Waals surface area (Å²) in [5.74, 6) is 1.10. The fraction of sp³-hybridized carbons (Fsp3) is 0.500. The number of hydrogen-bond acceptors (Lipinski definition) is 2. The van der Waals surface area contributed by atoms with E-state index in [4.69, 9.17) is 0 Å². The highest BCUT2D eigenvalue weighted by atomic mass is 15.1. The molecular weight excluding hydrogens is 210 g/mol. The van der Waals surface area contributed by atoms with Crippen LogP contribution in [0, 0.1) is 6.92 Å². The molecule has 0 unspecified atom stereocenters. The molecule has 1 saturated heterocycles. The maximum Gasteiger partial charge on any atom is 0.121 e. The Morgan fingerprint density at radius 3 is 2.88 bits per heavy atom. The Balaban J connectivity index is 1.80. The summed E-state index contributed by atoms with van der Waals surface area (Å²) in [4.78, 5) is 10.6. The molecule has 0 radical (unpaired) electrons. The Labute approximate surface area is 102 Å². The monoisotopic (exact) mass is 229 g/mol. The van der Waals surface area contributed by atoms with Gasteiger partial charge in [0.15, 0.2) is 0 Å². The number of fused-ring (bicyclic) bond motifs is 1. The van der Waals surface area contributed by atoms with Crippen molar-refractivity contribution in [2.75, 3.05) is 13.1 Å². The van der Waals surface area contributed by atoms with Crippen molar-refractivity contribution in [3.63, 3.8) is 0 Å². The second-order valence-electron chi connectivity index (χ2n) is 5.04. The molecule has 3 rings (SSSR count). The molecule has 0 aliphatic carbocycles. The van der Waals surface area contributed by atoms with Crippen molar-refractivity contribution in [2.24, 2.45) is 0 Å².